The highest BCUT2D eigenvalue weighted by Crippen LogP contribution is 2.40. The summed E-state index contributed by atoms with van der Waals surface area (Å²) >= 11 is 0. The molecule has 21 heavy (non-hydrogen) atoms. The molecule has 2 rings (SSSR count). The molecule has 0 saturated heterocycles. The van der Waals surface area contributed by atoms with E-state index in [0.29, 0.717) is 0 Å². The molecule has 0 spiro atoms. The van der Waals surface area contributed by atoms with Crippen molar-refractivity contribution >= 4 is 17.6 Å². The number of hydrogen-bond donors (Lipinski definition) is 2. The van der Waals surface area contributed by atoms with Gasteiger partial charge < -0.3 is 10.4 Å². The summed E-state index contributed by atoms with van der Waals surface area (Å²) in [5.74, 6) is -1.80. The second-order valence-electron chi connectivity index (χ2n) is 5.44. The fourth-order valence-electron chi connectivity index (χ4n) is 2.36. The molecule has 1 aromatic rings. The molecule has 0 heterocycles. The number of nitro groups is 1. The number of nitrogens with zero attached hydrogens (tertiary/aromatic N) is 1. The van der Waals surface area contributed by atoms with Crippen molar-refractivity contribution in [2.75, 3.05) is 0 Å². The Balaban J connectivity index is 2.30. The van der Waals surface area contributed by atoms with E-state index in [2.05, 4.69) is 5.32 Å². The molecule has 1 atom stereocenters. The lowest BCUT2D eigenvalue weighted by molar-refractivity contribution is -0.385. The summed E-state index contributed by atoms with van der Waals surface area (Å²) < 4.78 is 0. The van der Waals surface area contributed by atoms with E-state index in [1.165, 1.54) is 32.0 Å². The number of carboxylic acid groups (broad SMARTS) is 1. The number of carbonyl (C=O) groups is 2. The highest BCUT2D eigenvalue weighted by molar-refractivity contribution is 5.99. The van der Waals surface area contributed by atoms with E-state index >= 15 is 0 Å². The Morgan fingerprint density at radius 2 is 2.05 bits per heavy atom. The fraction of sp³-hybridized carbons (Fsp3) is 0.429. The number of benzene rings is 1. The first kappa shape index (κ1) is 15.0. The van der Waals surface area contributed by atoms with Gasteiger partial charge in [0, 0.05) is 17.2 Å². The van der Waals surface area contributed by atoms with Crippen molar-refractivity contribution in [3.63, 3.8) is 0 Å². The van der Waals surface area contributed by atoms with Gasteiger partial charge in [-0.1, -0.05) is 6.07 Å². The van der Waals surface area contributed by atoms with Crippen LogP contribution < -0.4 is 5.32 Å². The number of carbonyl (C=O) groups excluding carboxylic acids is 1. The minimum atomic E-state index is -1.34. The molecule has 1 fully saturated rings. The zero-order chi connectivity index (χ0) is 15.8. The van der Waals surface area contributed by atoms with Crippen molar-refractivity contribution in [1.82, 2.24) is 5.32 Å². The second kappa shape index (κ2) is 5.16. The lowest BCUT2D eigenvalue weighted by Gasteiger charge is -2.26. The zero-order valence-electron chi connectivity index (χ0n) is 11.8. The van der Waals surface area contributed by atoms with Crippen LogP contribution in [0.5, 0.6) is 0 Å². The highest BCUT2D eigenvalue weighted by atomic mass is 16.6. The van der Waals surface area contributed by atoms with Crippen molar-refractivity contribution < 1.29 is 19.6 Å². The molecule has 1 saturated carbocycles. The summed E-state index contributed by atoms with van der Waals surface area (Å²) in [6.45, 7) is 2.94. The zero-order valence-corrected chi connectivity index (χ0v) is 11.8. The number of amides is 1. The molecule has 7 heteroatoms. The molecule has 1 aliphatic rings. The van der Waals surface area contributed by atoms with E-state index in [-0.39, 0.29) is 22.7 Å². The second-order valence-corrected chi connectivity index (χ2v) is 5.44. The van der Waals surface area contributed by atoms with Gasteiger partial charge in [-0.15, -0.1) is 0 Å². The predicted octanol–water partition coefficient (Wildman–Crippen LogP) is 1.89. The van der Waals surface area contributed by atoms with Crippen LogP contribution in [0.25, 0.3) is 0 Å². The Bertz CT molecular complexity index is 624. The van der Waals surface area contributed by atoms with E-state index in [1.807, 2.05) is 0 Å². The predicted molar refractivity (Wildman–Crippen MR) is 74.1 cm³/mol. The van der Waals surface area contributed by atoms with Gasteiger partial charge in [0.2, 0.25) is 0 Å². The molecule has 1 amide bonds. The van der Waals surface area contributed by atoms with Crippen molar-refractivity contribution in [3.05, 3.63) is 39.4 Å². The molecule has 0 bridgehead atoms. The van der Waals surface area contributed by atoms with Gasteiger partial charge in [-0.05, 0) is 38.7 Å². The Morgan fingerprint density at radius 1 is 1.43 bits per heavy atom. The maximum absolute atomic E-state index is 12.3. The van der Waals surface area contributed by atoms with Crippen LogP contribution in [-0.2, 0) is 4.79 Å². The van der Waals surface area contributed by atoms with Crippen LogP contribution >= 0.6 is 0 Å². The third-order valence-electron chi connectivity index (χ3n) is 3.96. The maximum Gasteiger partial charge on any atom is 0.329 e. The summed E-state index contributed by atoms with van der Waals surface area (Å²) in [6, 6.07) is 4.17. The Labute approximate surface area is 121 Å². The van der Waals surface area contributed by atoms with E-state index < -0.39 is 22.3 Å². The first-order chi connectivity index (χ1) is 9.77. The topological polar surface area (TPSA) is 110 Å². The summed E-state index contributed by atoms with van der Waals surface area (Å²) in [5.41, 5.74) is -1.15. The average molecular weight is 292 g/mol. The van der Waals surface area contributed by atoms with Gasteiger partial charge in [0.15, 0.2) is 0 Å². The van der Waals surface area contributed by atoms with E-state index in [1.54, 1.807) is 0 Å². The molecule has 0 aliphatic heterocycles. The number of nitrogens with one attached hydrogen (secondary N) is 1. The third-order valence-corrected chi connectivity index (χ3v) is 3.96. The van der Waals surface area contributed by atoms with Gasteiger partial charge in [0.25, 0.3) is 11.6 Å². The first-order valence-electron chi connectivity index (χ1n) is 6.57. The van der Waals surface area contributed by atoms with Crippen LogP contribution in [0.3, 0.4) is 0 Å². The molecular weight excluding hydrogens is 276 g/mol. The Morgan fingerprint density at radius 3 is 2.52 bits per heavy atom. The lowest BCUT2D eigenvalue weighted by Crippen LogP contribution is -2.54. The highest BCUT2D eigenvalue weighted by Gasteiger charge is 2.48. The molecule has 112 valence electrons. The van der Waals surface area contributed by atoms with Gasteiger partial charge in [-0.2, -0.15) is 0 Å². The van der Waals surface area contributed by atoms with Gasteiger partial charge >= 0.3 is 5.97 Å². The van der Waals surface area contributed by atoms with Gasteiger partial charge in [0.1, 0.15) is 5.54 Å². The molecule has 1 unspecified atom stereocenters. The van der Waals surface area contributed by atoms with E-state index in [0.717, 1.165) is 12.8 Å². The molecule has 0 radical (unpaired) electrons. The number of carboxylic acids is 1. The van der Waals surface area contributed by atoms with Crippen LogP contribution in [0.1, 0.15) is 35.7 Å². The first-order valence-corrected chi connectivity index (χ1v) is 6.57. The van der Waals surface area contributed by atoms with Crippen molar-refractivity contribution in [2.24, 2.45) is 5.92 Å². The monoisotopic (exact) mass is 292 g/mol. The molecule has 2 N–H and O–H groups in total. The van der Waals surface area contributed by atoms with E-state index in [4.69, 9.17) is 0 Å². The SMILES string of the molecule is Cc1c(C(=O)NC(C)(C(=O)O)C2CC2)cccc1[N+](=O)[O-]. The maximum atomic E-state index is 12.3. The minimum Gasteiger partial charge on any atom is -0.480 e. The number of nitro benzene ring substituents is 1. The van der Waals surface area contributed by atoms with Crippen LogP contribution in [0, 0.1) is 23.0 Å². The largest absolute Gasteiger partial charge is 0.480 e. The van der Waals surface area contributed by atoms with Gasteiger partial charge in [-0.25, -0.2) is 4.79 Å². The normalized spacial score (nSPS) is 16.9. The molecular formula is C14H16N2O5. The van der Waals surface area contributed by atoms with Crippen LogP contribution in [-0.4, -0.2) is 27.4 Å². The van der Waals surface area contributed by atoms with Crippen molar-refractivity contribution in [2.45, 2.75) is 32.2 Å². The Hall–Kier alpha value is -2.44. The van der Waals surface area contributed by atoms with Crippen LogP contribution in [0.2, 0.25) is 0 Å². The lowest BCUT2D eigenvalue weighted by atomic mass is 9.94. The molecule has 1 aliphatic carbocycles. The minimum absolute atomic E-state index is 0.0991. The number of hydrogen-bond acceptors (Lipinski definition) is 4. The van der Waals surface area contributed by atoms with Crippen LogP contribution in [0.15, 0.2) is 18.2 Å². The summed E-state index contributed by atoms with van der Waals surface area (Å²) in [5, 5.41) is 22.7. The summed E-state index contributed by atoms with van der Waals surface area (Å²) in [4.78, 5) is 34.0. The van der Waals surface area contributed by atoms with Gasteiger partial charge in [-0.3, -0.25) is 14.9 Å². The molecule has 7 nitrogen and oxygen atoms in total. The standard InChI is InChI=1S/C14H16N2O5/c1-8-10(4-3-5-11(8)16(20)21)12(17)15-14(2,13(18)19)9-6-7-9/h3-5,9H,6-7H2,1-2H3,(H,15,17)(H,18,19). The van der Waals surface area contributed by atoms with Crippen molar-refractivity contribution in [3.8, 4) is 0 Å². The Kier molecular flexibility index (Phi) is 3.67. The van der Waals surface area contributed by atoms with Crippen LogP contribution in [0.4, 0.5) is 5.69 Å². The molecule has 0 aromatic heterocycles. The fourth-order valence-corrected chi connectivity index (χ4v) is 2.36. The molecule has 1 aromatic carbocycles. The average Bonchev–Trinajstić information content (AvgIpc) is 3.22. The van der Waals surface area contributed by atoms with Gasteiger partial charge in [0.05, 0.1) is 4.92 Å². The van der Waals surface area contributed by atoms with Crippen molar-refractivity contribution in [1.29, 1.82) is 0 Å². The summed E-state index contributed by atoms with van der Waals surface area (Å²) in [6.07, 6.45) is 1.49. The number of rotatable bonds is 5. The quantitative estimate of drug-likeness (QED) is 0.636. The third kappa shape index (κ3) is 2.72. The summed E-state index contributed by atoms with van der Waals surface area (Å²) in [7, 11) is 0. The smallest absolute Gasteiger partial charge is 0.329 e. The number of aliphatic carboxylic acids is 1. The van der Waals surface area contributed by atoms with E-state index in [9.17, 15) is 24.8 Å².